The second-order valence-electron chi connectivity index (χ2n) is 10.2. The number of ether oxygens (including phenoxy) is 1. The Morgan fingerprint density at radius 2 is 1.83 bits per heavy atom. The van der Waals surface area contributed by atoms with E-state index < -0.39 is 11.8 Å². The number of alkyl halides is 2. The highest BCUT2D eigenvalue weighted by Gasteiger charge is 2.29. The molecule has 0 atom stereocenters. The molecule has 0 bridgehead atoms. The van der Waals surface area contributed by atoms with E-state index in [0.29, 0.717) is 17.1 Å². The topological polar surface area (TPSA) is 73.8 Å². The van der Waals surface area contributed by atoms with Crippen LogP contribution in [0.2, 0.25) is 0 Å². The predicted octanol–water partition coefficient (Wildman–Crippen LogP) is 7.36. The van der Waals surface area contributed by atoms with Crippen LogP contribution >= 0.6 is 0 Å². The van der Waals surface area contributed by atoms with Crippen molar-refractivity contribution < 1.29 is 23.5 Å². The smallest absolute Gasteiger partial charge is 0.276 e. The first kappa shape index (κ1) is 30.4. The Balaban J connectivity index is 1.66. The van der Waals surface area contributed by atoms with Crippen molar-refractivity contribution in [1.29, 1.82) is 0 Å². The fourth-order valence-corrected chi connectivity index (χ4v) is 5.15. The number of halogens is 2. The molecule has 6 nitrogen and oxygen atoms in total. The monoisotopic (exact) mass is 571 g/mol. The molecule has 218 valence electrons. The normalized spacial score (nSPS) is 13.5. The fourth-order valence-electron chi connectivity index (χ4n) is 5.15. The molecule has 3 N–H and O–H groups in total. The molecule has 0 radical (unpaired) electrons. The average Bonchev–Trinajstić information content (AvgIpc) is 3.10. The maximum Gasteiger partial charge on any atom is 0.276 e. The Bertz CT molecular complexity index is 1620. The molecule has 0 fully saturated rings. The van der Waals surface area contributed by atoms with Crippen LogP contribution in [0.1, 0.15) is 55.0 Å². The molecule has 0 aromatic heterocycles. The van der Waals surface area contributed by atoms with E-state index in [4.69, 9.17) is 4.74 Å². The summed E-state index contributed by atoms with van der Waals surface area (Å²) in [5.74, 6) is 3.12. The molecular formula is C34H35F2N3O3. The van der Waals surface area contributed by atoms with Gasteiger partial charge in [-0.1, -0.05) is 25.0 Å². The number of methoxy groups -OCH3 is 1. The van der Waals surface area contributed by atoms with Crippen molar-refractivity contribution in [1.82, 2.24) is 10.4 Å². The van der Waals surface area contributed by atoms with Crippen LogP contribution in [0.25, 0.3) is 16.8 Å². The maximum atomic E-state index is 14.2. The second-order valence-corrected chi connectivity index (χ2v) is 10.2. The van der Waals surface area contributed by atoms with Crippen LogP contribution in [0.3, 0.4) is 0 Å². The molecule has 3 aromatic rings. The Kier molecular flexibility index (Phi) is 9.03. The standard InChI is InChI=1S/C34H35F2N3O3/c1-7-10-24-17-21(3)31(22(4)18-24)28-19-25(13-14-30(28)42-6)29-15-16-39(41)32(23(5)37-29)33(40)38-27-12-9-11-26(20-27)34(35,36)8-2/h9,11-15,17-20,37,41H,8,16H2,1-6H3,(H,38,40). The molecule has 1 heterocycles. The van der Waals surface area contributed by atoms with Gasteiger partial charge < -0.3 is 15.4 Å². The van der Waals surface area contributed by atoms with E-state index >= 15 is 0 Å². The summed E-state index contributed by atoms with van der Waals surface area (Å²) in [4.78, 5) is 13.2. The zero-order valence-corrected chi connectivity index (χ0v) is 24.7. The number of hydrogen-bond donors (Lipinski definition) is 3. The number of allylic oxidation sites excluding steroid dienone is 1. The van der Waals surface area contributed by atoms with Crippen LogP contribution < -0.4 is 15.4 Å². The van der Waals surface area contributed by atoms with E-state index in [1.165, 1.54) is 31.2 Å². The number of hydroxylamine groups is 2. The van der Waals surface area contributed by atoms with Gasteiger partial charge in [0, 0.05) is 40.2 Å². The van der Waals surface area contributed by atoms with E-state index in [1.54, 1.807) is 20.1 Å². The van der Waals surface area contributed by atoms with Gasteiger partial charge in [0.05, 0.1) is 13.7 Å². The third kappa shape index (κ3) is 6.32. The Morgan fingerprint density at radius 1 is 1.12 bits per heavy atom. The maximum absolute atomic E-state index is 14.2. The number of amides is 1. The minimum absolute atomic E-state index is 0.0141. The largest absolute Gasteiger partial charge is 0.496 e. The van der Waals surface area contributed by atoms with Gasteiger partial charge in [-0.2, -0.15) is 0 Å². The predicted molar refractivity (Wildman–Crippen MR) is 162 cm³/mol. The molecule has 1 amide bonds. The third-order valence-electron chi connectivity index (χ3n) is 7.19. The number of carbonyl (C=O) groups is 1. The first-order valence-corrected chi connectivity index (χ1v) is 13.7. The molecule has 1 aliphatic rings. The van der Waals surface area contributed by atoms with Crippen LogP contribution in [0.4, 0.5) is 14.5 Å². The number of aryl methyl sites for hydroxylation is 2. The number of carbonyl (C=O) groups excluding carboxylic acids is 1. The molecule has 0 spiro atoms. The Hall–Kier alpha value is -4.61. The zero-order chi connectivity index (χ0) is 30.6. The average molecular weight is 572 g/mol. The quantitative estimate of drug-likeness (QED) is 0.259. The third-order valence-corrected chi connectivity index (χ3v) is 7.19. The molecular weight excluding hydrogens is 536 g/mol. The van der Waals surface area contributed by atoms with Crippen LogP contribution in [0.5, 0.6) is 5.75 Å². The zero-order valence-electron chi connectivity index (χ0n) is 24.7. The minimum atomic E-state index is -3.01. The van der Waals surface area contributed by atoms with Crippen LogP contribution in [0, 0.1) is 25.7 Å². The number of anilines is 1. The lowest BCUT2D eigenvalue weighted by molar-refractivity contribution is -0.121. The fraction of sp³-hybridized carbons (Fsp3) is 0.265. The lowest BCUT2D eigenvalue weighted by Crippen LogP contribution is -2.30. The second kappa shape index (κ2) is 12.5. The molecule has 0 aliphatic carbocycles. The van der Waals surface area contributed by atoms with Crippen molar-refractivity contribution in [3.05, 3.63) is 99.9 Å². The molecule has 8 heteroatoms. The summed E-state index contributed by atoms with van der Waals surface area (Å²) in [6.07, 6.45) is 1.42. The summed E-state index contributed by atoms with van der Waals surface area (Å²) in [7, 11) is 1.63. The molecule has 42 heavy (non-hydrogen) atoms. The van der Waals surface area contributed by atoms with Gasteiger partial charge in [-0.05, 0) is 98.5 Å². The van der Waals surface area contributed by atoms with Crippen LogP contribution in [0.15, 0.2) is 72.1 Å². The minimum Gasteiger partial charge on any atom is -0.496 e. The molecule has 3 aromatic carbocycles. The van der Waals surface area contributed by atoms with Gasteiger partial charge in [0.25, 0.3) is 11.8 Å². The summed E-state index contributed by atoms with van der Waals surface area (Å²) >= 11 is 0. The lowest BCUT2D eigenvalue weighted by Gasteiger charge is -2.20. The van der Waals surface area contributed by atoms with Gasteiger partial charge in [0.15, 0.2) is 0 Å². The highest BCUT2D eigenvalue weighted by atomic mass is 19.3. The summed E-state index contributed by atoms with van der Waals surface area (Å²) in [5, 5.41) is 17.5. The first-order chi connectivity index (χ1) is 20.0. The highest BCUT2D eigenvalue weighted by molar-refractivity contribution is 6.04. The van der Waals surface area contributed by atoms with Crippen LogP contribution in [-0.2, 0) is 10.7 Å². The van der Waals surface area contributed by atoms with E-state index in [9.17, 15) is 18.8 Å². The number of nitrogens with zero attached hydrogens (tertiary/aromatic N) is 1. The first-order valence-electron chi connectivity index (χ1n) is 13.7. The van der Waals surface area contributed by atoms with Gasteiger partial charge in [-0.15, -0.1) is 5.92 Å². The number of nitrogens with one attached hydrogen (secondary N) is 2. The van der Waals surface area contributed by atoms with Gasteiger partial charge in [0.1, 0.15) is 11.4 Å². The number of benzene rings is 3. The van der Waals surface area contributed by atoms with E-state index in [-0.39, 0.29) is 29.9 Å². The van der Waals surface area contributed by atoms with Crippen molar-refractivity contribution in [2.45, 2.75) is 47.0 Å². The molecule has 0 saturated heterocycles. The van der Waals surface area contributed by atoms with Crippen molar-refractivity contribution in [2.24, 2.45) is 0 Å². The molecule has 4 rings (SSSR count). The Labute approximate surface area is 245 Å². The highest BCUT2D eigenvalue weighted by Crippen LogP contribution is 2.38. The van der Waals surface area contributed by atoms with Gasteiger partial charge >= 0.3 is 0 Å². The van der Waals surface area contributed by atoms with Crippen molar-refractivity contribution >= 4 is 17.3 Å². The van der Waals surface area contributed by atoms with Crippen molar-refractivity contribution in [2.75, 3.05) is 19.0 Å². The molecule has 0 unspecified atom stereocenters. The number of rotatable bonds is 7. The molecule has 0 saturated carbocycles. The summed E-state index contributed by atoms with van der Waals surface area (Å²) in [6.45, 7) is 8.98. The van der Waals surface area contributed by atoms with Gasteiger partial charge in [0.2, 0.25) is 0 Å². The molecule has 1 aliphatic heterocycles. The lowest BCUT2D eigenvalue weighted by atomic mass is 9.91. The summed E-state index contributed by atoms with van der Waals surface area (Å²) in [5.41, 5.74) is 6.89. The van der Waals surface area contributed by atoms with Gasteiger partial charge in [-0.3, -0.25) is 10.0 Å². The van der Waals surface area contributed by atoms with E-state index in [0.717, 1.165) is 38.4 Å². The van der Waals surface area contributed by atoms with E-state index in [2.05, 4.69) is 34.6 Å². The van der Waals surface area contributed by atoms with Crippen LogP contribution in [-0.4, -0.2) is 29.8 Å². The summed E-state index contributed by atoms with van der Waals surface area (Å²) < 4.78 is 34.1. The van der Waals surface area contributed by atoms with Crippen molar-refractivity contribution in [3.8, 4) is 28.7 Å². The Morgan fingerprint density at radius 3 is 2.48 bits per heavy atom. The SMILES string of the molecule is CC#Cc1cc(C)c(-c2cc(C3=CCN(O)C(C(=O)Nc4cccc(C(F)(F)CC)c4)=C(C)N3)ccc2OC)c(C)c1. The number of hydrogen-bond acceptors (Lipinski definition) is 5. The van der Waals surface area contributed by atoms with Gasteiger partial charge in [-0.25, -0.2) is 13.8 Å². The summed E-state index contributed by atoms with van der Waals surface area (Å²) in [6, 6.07) is 15.5. The van der Waals surface area contributed by atoms with Crippen molar-refractivity contribution in [3.63, 3.8) is 0 Å². The van der Waals surface area contributed by atoms with E-state index in [1.807, 2.05) is 39.0 Å².